The van der Waals surface area contributed by atoms with Crippen LogP contribution in [0.1, 0.15) is 37.9 Å². The van der Waals surface area contributed by atoms with Gasteiger partial charge in [-0.05, 0) is 47.0 Å². The molecule has 1 unspecified atom stereocenters. The van der Waals surface area contributed by atoms with Crippen LogP contribution in [0.25, 0.3) is 0 Å². The van der Waals surface area contributed by atoms with E-state index in [1.54, 1.807) is 0 Å². The molecule has 0 fully saturated rings. The molecule has 2 heteroatoms. The molecule has 0 aliphatic heterocycles. The lowest BCUT2D eigenvalue weighted by Gasteiger charge is -2.41. The fourth-order valence-electron chi connectivity index (χ4n) is 2.00. The first-order valence-electron chi connectivity index (χ1n) is 6.37. The first kappa shape index (κ1) is 14.2. The van der Waals surface area contributed by atoms with E-state index < -0.39 is 0 Å². The topological polar surface area (TPSA) is 15.3 Å². The van der Waals surface area contributed by atoms with Crippen molar-refractivity contribution in [2.75, 3.05) is 20.6 Å². The number of likely N-dealkylation sites (N-methyl/N-ethyl adjacent to an activating group) is 2. The molecular weight excluding hydrogens is 208 g/mol. The van der Waals surface area contributed by atoms with Crippen molar-refractivity contribution < 1.29 is 0 Å². The van der Waals surface area contributed by atoms with E-state index in [1.165, 1.54) is 11.1 Å². The van der Waals surface area contributed by atoms with Gasteiger partial charge in [-0.3, -0.25) is 0 Å². The highest BCUT2D eigenvalue weighted by molar-refractivity contribution is 5.26. The standard InChI is InChI=1S/C15H26N2/c1-7-16-14(15(3,4)17(5)6)13-10-8-12(2)9-11-13/h8-11,14,16H,7H2,1-6H3. The zero-order valence-electron chi connectivity index (χ0n) is 12.0. The van der Waals surface area contributed by atoms with E-state index in [0.717, 1.165) is 6.54 Å². The van der Waals surface area contributed by atoms with Crippen LogP contribution >= 0.6 is 0 Å². The average Bonchev–Trinajstić information content (AvgIpc) is 2.27. The summed E-state index contributed by atoms with van der Waals surface area (Å²) in [4.78, 5) is 2.28. The van der Waals surface area contributed by atoms with Gasteiger partial charge in [-0.1, -0.05) is 36.8 Å². The number of nitrogens with one attached hydrogen (secondary N) is 1. The number of benzene rings is 1. The van der Waals surface area contributed by atoms with Gasteiger partial charge in [0.05, 0.1) is 6.04 Å². The molecule has 0 spiro atoms. The summed E-state index contributed by atoms with van der Waals surface area (Å²) in [7, 11) is 4.27. The summed E-state index contributed by atoms with van der Waals surface area (Å²) in [5, 5.41) is 3.60. The normalized spacial score (nSPS) is 14.1. The van der Waals surface area contributed by atoms with Gasteiger partial charge >= 0.3 is 0 Å². The van der Waals surface area contributed by atoms with E-state index >= 15 is 0 Å². The first-order valence-corrected chi connectivity index (χ1v) is 6.37. The molecule has 0 aliphatic carbocycles. The molecule has 0 heterocycles. The highest BCUT2D eigenvalue weighted by Crippen LogP contribution is 2.29. The fourth-order valence-corrected chi connectivity index (χ4v) is 2.00. The summed E-state index contributed by atoms with van der Waals surface area (Å²) < 4.78 is 0. The molecule has 1 atom stereocenters. The molecule has 0 bridgehead atoms. The van der Waals surface area contributed by atoms with Crippen LogP contribution in [-0.2, 0) is 0 Å². The van der Waals surface area contributed by atoms with Crippen LogP contribution in [0.4, 0.5) is 0 Å². The second-order valence-electron chi connectivity index (χ2n) is 5.45. The molecule has 0 aliphatic rings. The minimum atomic E-state index is 0.0886. The molecule has 2 nitrogen and oxygen atoms in total. The lowest BCUT2D eigenvalue weighted by atomic mass is 9.87. The second-order valence-corrected chi connectivity index (χ2v) is 5.45. The Morgan fingerprint density at radius 1 is 1.18 bits per heavy atom. The number of hydrogen-bond acceptors (Lipinski definition) is 2. The van der Waals surface area contributed by atoms with E-state index in [-0.39, 0.29) is 5.54 Å². The lowest BCUT2D eigenvalue weighted by molar-refractivity contribution is 0.139. The summed E-state index contributed by atoms with van der Waals surface area (Å²) in [5.74, 6) is 0. The van der Waals surface area contributed by atoms with Gasteiger partial charge in [0.15, 0.2) is 0 Å². The fraction of sp³-hybridized carbons (Fsp3) is 0.600. The summed E-state index contributed by atoms with van der Waals surface area (Å²) >= 11 is 0. The van der Waals surface area contributed by atoms with Crippen LogP contribution in [0.3, 0.4) is 0 Å². The average molecular weight is 234 g/mol. The Morgan fingerprint density at radius 3 is 2.12 bits per heavy atom. The molecule has 0 saturated carbocycles. The van der Waals surface area contributed by atoms with Gasteiger partial charge in [-0.15, -0.1) is 0 Å². The zero-order chi connectivity index (χ0) is 13.1. The second kappa shape index (κ2) is 5.65. The molecule has 17 heavy (non-hydrogen) atoms. The minimum absolute atomic E-state index is 0.0886. The van der Waals surface area contributed by atoms with Crippen LogP contribution in [0.2, 0.25) is 0 Å². The highest BCUT2D eigenvalue weighted by Gasteiger charge is 2.31. The maximum absolute atomic E-state index is 3.60. The Labute approximate surface area is 106 Å². The SMILES string of the molecule is CCNC(c1ccc(C)cc1)C(C)(C)N(C)C. The van der Waals surface area contributed by atoms with Crippen LogP contribution in [-0.4, -0.2) is 31.1 Å². The maximum Gasteiger partial charge on any atom is 0.0501 e. The molecule has 1 rings (SSSR count). The van der Waals surface area contributed by atoms with E-state index in [1.807, 2.05) is 0 Å². The summed E-state index contributed by atoms with van der Waals surface area (Å²) in [6, 6.07) is 9.18. The van der Waals surface area contributed by atoms with Gasteiger partial charge in [0.25, 0.3) is 0 Å². The van der Waals surface area contributed by atoms with Crippen molar-refractivity contribution in [1.29, 1.82) is 0 Å². The van der Waals surface area contributed by atoms with Gasteiger partial charge < -0.3 is 10.2 Å². The van der Waals surface area contributed by atoms with Gasteiger partial charge in [0, 0.05) is 5.54 Å². The van der Waals surface area contributed by atoms with Crippen LogP contribution in [0.15, 0.2) is 24.3 Å². The number of aryl methyl sites for hydroxylation is 1. The van der Waals surface area contributed by atoms with E-state index in [2.05, 4.69) is 76.3 Å². The van der Waals surface area contributed by atoms with E-state index in [4.69, 9.17) is 0 Å². The van der Waals surface area contributed by atoms with Gasteiger partial charge in [-0.2, -0.15) is 0 Å². The monoisotopic (exact) mass is 234 g/mol. The molecule has 0 amide bonds. The Bertz CT molecular complexity index is 338. The molecule has 0 aromatic heterocycles. The number of hydrogen-bond donors (Lipinski definition) is 1. The van der Waals surface area contributed by atoms with Crippen molar-refractivity contribution in [2.24, 2.45) is 0 Å². The highest BCUT2D eigenvalue weighted by atomic mass is 15.2. The Kier molecular flexibility index (Phi) is 4.72. The molecule has 1 N–H and O–H groups in total. The summed E-state index contributed by atoms with van der Waals surface area (Å²) in [6.07, 6.45) is 0. The van der Waals surface area contributed by atoms with Crippen molar-refractivity contribution in [3.63, 3.8) is 0 Å². The predicted octanol–water partition coefficient (Wildman–Crippen LogP) is 2.99. The van der Waals surface area contributed by atoms with Gasteiger partial charge in [0.1, 0.15) is 0 Å². The van der Waals surface area contributed by atoms with Crippen molar-refractivity contribution in [3.05, 3.63) is 35.4 Å². The maximum atomic E-state index is 3.60. The smallest absolute Gasteiger partial charge is 0.0501 e. The third-order valence-corrected chi connectivity index (χ3v) is 3.68. The van der Waals surface area contributed by atoms with Crippen molar-refractivity contribution in [1.82, 2.24) is 10.2 Å². The third-order valence-electron chi connectivity index (χ3n) is 3.68. The molecular formula is C15H26N2. The quantitative estimate of drug-likeness (QED) is 0.842. The zero-order valence-corrected chi connectivity index (χ0v) is 12.0. The third kappa shape index (κ3) is 3.30. The van der Waals surface area contributed by atoms with Crippen molar-refractivity contribution in [3.8, 4) is 0 Å². The van der Waals surface area contributed by atoms with E-state index in [9.17, 15) is 0 Å². The lowest BCUT2D eigenvalue weighted by Crippen LogP contribution is -2.49. The summed E-state index contributed by atoms with van der Waals surface area (Å²) in [5.41, 5.74) is 2.76. The van der Waals surface area contributed by atoms with Crippen LogP contribution < -0.4 is 5.32 Å². The molecule has 1 aromatic carbocycles. The minimum Gasteiger partial charge on any atom is -0.309 e. The largest absolute Gasteiger partial charge is 0.309 e. The number of nitrogens with zero attached hydrogens (tertiary/aromatic N) is 1. The molecule has 96 valence electrons. The molecule has 0 radical (unpaired) electrons. The Morgan fingerprint density at radius 2 is 1.71 bits per heavy atom. The Balaban J connectivity index is 3.04. The summed E-state index contributed by atoms with van der Waals surface area (Å²) in [6.45, 7) is 9.83. The van der Waals surface area contributed by atoms with Crippen molar-refractivity contribution in [2.45, 2.75) is 39.3 Å². The first-order chi connectivity index (χ1) is 7.89. The number of rotatable bonds is 5. The van der Waals surface area contributed by atoms with Gasteiger partial charge in [0.2, 0.25) is 0 Å². The van der Waals surface area contributed by atoms with Gasteiger partial charge in [-0.25, -0.2) is 0 Å². The Hall–Kier alpha value is -0.860. The van der Waals surface area contributed by atoms with E-state index in [0.29, 0.717) is 6.04 Å². The van der Waals surface area contributed by atoms with Crippen LogP contribution in [0.5, 0.6) is 0 Å². The van der Waals surface area contributed by atoms with Crippen molar-refractivity contribution >= 4 is 0 Å². The van der Waals surface area contributed by atoms with Crippen LogP contribution in [0, 0.1) is 6.92 Å². The molecule has 1 aromatic rings. The predicted molar refractivity (Wildman–Crippen MR) is 75.4 cm³/mol. The molecule has 0 saturated heterocycles.